The first-order valence-electron chi connectivity index (χ1n) is 7.37. The van der Waals surface area contributed by atoms with Crippen LogP contribution in [0.1, 0.15) is 17.5 Å². The van der Waals surface area contributed by atoms with Crippen LogP contribution >= 0.6 is 0 Å². The predicted octanol–water partition coefficient (Wildman–Crippen LogP) is 3.07. The van der Waals surface area contributed by atoms with Crippen molar-refractivity contribution in [2.45, 2.75) is 19.4 Å². The quantitative estimate of drug-likeness (QED) is 0.597. The van der Waals surface area contributed by atoms with Gasteiger partial charge in [0, 0.05) is 11.6 Å². The van der Waals surface area contributed by atoms with Gasteiger partial charge >= 0.3 is 5.69 Å². The van der Waals surface area contributed by atoms with Crippen molar-refractivity contribution < 1.29 is 14.4 Å². The van der Waals surface area contributed by atoms with E-state index in [9.17, 15) is 10.1 Å². The number of hydrogen-bond donors (Lipinski definition) is 1. The van der Waals surface area contributed by atoms with Crippen LogP contribution in [0.5, 0.6) is 11.5 Å². The topological polar surface area (TPSA) is 87.6 Å². The fourth-order valence-corrected chi connectivity index (χ4v) is 2.29. The summed E-state index contributed by atoms with van der Waals surface area (Å²) in [6.07, 6.45) is 1.77. The lowest BCUT2D eigenvalue weighted by Gasteiger charge is -2.12. The molecule has 0 heterocycles. The van der Waals surface area contributed by atoms with E-state index in [0.29, 0.717) is 12.3 Å². The molecule has 0 amide bonds. The third kappa shape index (κ3) is 4.43. The number of aryl methyl sites for hydroxylation is 1. The number of ether oxygens (including phenoxy) is 2. The molecule has 23 heavy (non-hydrogen) atoms. The van der Waals surface area contributed by atoms with Crippen LogP contribution in [0.3, 0.4) is 0 Å². The second kappa shape index (κ2) is 8.14. The number of nitrogens with two attached hydrogens (primary N) is 1. The van der Waals surface area contributed by atoms with E-state index in [2.05, 4.69) is 0 Å². The molecule has 0 aliphatic carbocycles. The van der Waals surface area contributed by atoms with Crippen molar-refractivity contribution in [3.05, 3.63) is 63.7 Å². The molecule has 0 radical (unpaired) electrons. The smallest absolute Gasteiger partial charge is 0.310 e. The van der Waals surface area contributed by atoms with E-state index in [1.165, 1.54) is 6.07 Å². The maximum atomic E-state index is 11.0. The van der Waals surface area contributed by atoms with Crippen molar-refractivity contribution in [2.75, 3.05) is 13.7 Å². The largest absolute Gasteiger partial charge is 0.496 e. The number of nitro benzene ring substituents is 1. The van der Waals surface area contributed by atoms with E-state index in [1.54, 1.807) is 25.3 Å². The minimum absolute atomic E-state index is 0.0502. The summed E-state index contributed by atoms with van der Waals surface area (Å²) < 4.78 is 11.0. The summed E-state index contributed by atoms with van der Waals surface area (Å²) in [4.78, 5) is 10.6. The van der Waals surface area contributed by atoms with E-state index in [4.69, 9.17) is 15.2 Å². The van der Waals surface area contributed by atoms with Crippen LogP contribution in [0.15, 0.2) is 42.5 Å². The standard InChI is InChI=1S/C17H20N2O4/c1-22-16-9-8-13(5-4-10-18)11-14(16)12-23-17-7-3-2-6-15(17)19(20)21/h2-3,6-9,11H,4-5,10,12,18H2,1H3. The number of methoxy groups -OCH3 is 1. The van der Waals surface area contributed by atoms with Gasteiger partial charge in [0.25, 0.3) is 0 Å². The van der Waals surface area contributed by atoms with Crippen molar-refractivity contribution >= 4 is 5.69 Å². The zero-order valence-corrected chi connectivity index (χ0v) is 13.0. The normalized spacial score (nSPS) is 10.3. The van der Waals surface area contributed by atoms with Crippen molar-refractivity contribution in [1.82, 2.24) is 0 Å². The van der Waals surface area contributed by atoms with E-state index >= 15 is 0 Å². The summed E-state index contributed by atoms with van der Waals surface area (Å²) in [5.41, 5.74) is 7.47. The Bertz CT molecular complexity index is 673. The monoisotopic (exact) mass is 316 g/mol. The fraction of sp³-hybridized carbons (Fsp3) is 0.294. The van der Waals surface area contributed by atoms with E-state index in [1.807, 2.05) is 18.2 Å². The van der Waals surface area contributed by atoms with Gasteiger partial charge in [0.15, 0.2) is 5.75 Å². The fourth-order valence-electron chi connectivity index (χ4n) is 2.29. The Kier molecular flexibility index (Phi) is 5.94. The van der Waals surface area contributed by atoms with Crippen molar-refractivity contribution in [1.29, 1.82) is 0 Å². The molecule has 0 fully saturated rings. The summed E-state index contributed by atoms with van der Waals surface area (Å²) in [6.45, 7) is 0.832. The Balaban J connectivity index is 2.17. The summed E-state index contributed by atoms with van der Waals surface area (Å²) in [7, 11) is 1.59. The Labute approximate surface area is 135 Å². The van der Waals surface area contributed by atoms with Gasteiger partial charge in [-0.1, -0.05) is 18.2 Å². The predicted molar refractivity (Wildman–Crippen MR) is 87.8 cm³/mol. The molecular formula is C17H20N2O4. The number of benzene rings is 2. The summed E-state index contributed by atoms with van der Waals surface area (Å²) >= 11 is 0. The molecule has 2 rings (SSSR count). The molecule has 2 aromatic carbocycles. The van der Waals surface area contributed by atoms with Gasteiger partial charge in [-0.3, -0.25) is 10.1 Å². The number of nitro groups is 1. The average molecular weight is 316 g/mol. The highest BCUT2D eigenvalue weighted by Crippen LogP contribution is 2.28. The first-order valence-corrected chi connectivity index (χ1v) is 7.37. The Morgan fingerprint density at radius 3 is 2.65 bits per heavy atom. The Hall–Kier alpha value is -2.60. The molecular weight excluding hydrogens is 296 g/mol. The lowest BCUT2D eigenvalue weighted by Crippen LogP contribution is -2.03. The molecule has 0 bridgehead atoms. The van der Waals surface area contributed by atoms with Gasteiger partial charge in [0.1, 0.15) is 12.4 Å². The molecule has 122 valence electrons. The van der Waals surface area contributed by atoms with Gasteiger partial charge in [-0.15, -0.1) is 0 Å². The van der Waals surface area contributed by atoms with Crippen LogP contribution in [0.25, 0.3) is 0 Å². The first-order chi connectivity index (χ1) is 11.2. The third-order valence-corrected chi connectivity index (χ3v) is 3.46. The van der Waals surface area contributed by atoms with Gasteiger partial charge in [0.05, 0.1) is 12.0 Å². The van der Waals surface area contributed by atoms with Gasteiger partial charge in [-0.25, -0.2) is 0 Å². The number of rotatable bonds is 8. The summed E-state index contributed by atoms with van der Waals surface area (Å²) in [5, 5.41) is 11.0. The number of hydrogen-bond acceptors (Lipinski definition) is 5. The maximum absolute atomic E-state index is 11.0. The van der Waals surface area contributed by atoms with E-state index < -0.39 is 4.92 Å². The lowest BCUT2D eigenvalue weighted by atomic mass is 10.1. The zero-order valence-electron chi connectivity index (χ0n) is 13.0. The minimum Gasteiger partial charge on any atom is -0.496 e. The molecule has 2 aromatic rings. The molecule has 0 aromatic heterocycles. The van der Waals surface area contributed by atoms with Crippen molar-refractivity contribution in [3.8, 4) is 11.5 Å². The molecule has 0 saturated heterocycles. The molecule has 0 aliphatic heterocycles. The van der Waals surface area contributed by atoms with Gasteiger partial charge in [-0.05, 0) is 43.1 Å². The highest BCUT2D eigenvalue weighted by Gasteiger charge is 2.14. The van der Waals surface area contributed by atoms with Gasteiger partial charge < -0.3 is 15.2 Å². The summed E-state index contributed by atoms with van der Waals surface area (Å²) in [6, 6.07) is 12.2. The molecule has 6 nitrogen and oxygen atoms in total. The number of nitrogens with zero attached hydrogens (tertiary/aromatic N) is 1. The summed E-state index contributed by atoms with van der Waals surface area (Å²) in [5.74, 6) is 0.937. The zero-order chi connectivity index (χ0) is 16.7. The second-order valence-corrected chi connectivity index (χ2v) is 5.05. The average Bonchev–Trinajstić information content (AvgIpc) is 2.58. The van der Waals surface area contributed by atoms with Crippen LogP contribution in [0.2, 0.25) is 0 Å². The van der Waals surface area contributed by atoms with E-state index in [-0.39, 0.29) is 18.0 Å². The van der Waals surface area contributed by atoms with Crippen LogP contribution in [0.4, 0.5) is 5.69 Å². The van der Waals surface area contributed by atoms with Crippen LogP contribution in [0, 0.1) is 10.1 Å². The Morgan fingerprint density at radius 1 is 1.17 bits per heavy atom. The highest BCUT2D eigenvalue weighted by molar-refractivity contribution is 5.46. The molecule has 0 unspecified atom stereocenters. The molecule has 6 heteroatoms. The minimum atomic E-state index is -0.454. The van der Waals surface area contributed by atoms with Crippen molar-refractivity contribution in [3.63, 3.8) is 0 Å². The van der Waals surface area contributed by atoms with Crippen LogP contribution in [-0.4, -0.2) is 18.6 Å². The van der Waals surface area contributed by atoms with Gasteiger partial charge in [0.2, 0.25) is 0 Å². The Morgan fingerprint density at radius 2 is 1.96 bits per heavy atom. The first kappa shape index (κ1) is 16.8. The molecule has 0 atom stereocenters. The second-order valence-electron chi connectivity index (χ2n) is 5.05. The molecule has 0 aliphatic rings. The lowest BCUT2D eigenvalue weighted by molar-refractivity contribution is -0.385. The van der Waals surface area contributed by atoms with Crippen LogP contribution in [-0.2, 0) is 13.0 Å². The highest BCUT2D eigenvalue weighted by atomic mass is 16.6. The maximum Gasteiger partial charge on any atom is 0.310 e. The molecule has 2 N–H and O–H groups in total. The SMILES string of the molecule is COc1ccc(CCCN)cc1COc1ccccc1[N+](=O)[O-]. The molecule has 0 saturated carbocycles. The van der Waals surface area contributed by atoms with E-state index in [0.717, 1.165) is 24.0 Å². The van der Waals surface area contributed by atoms with Crippen LogP contribution < -0.4 is 15.2 Å². The molecule has 0 spiro atoms. The van der Waals surface area contributed by atoms with Crippen molar-refractivity contribution in [2.24, 2.45) is 5.73 Å². The van der Waals surface area contributed by atoms with Gasteiger partial charge in [-0.2, -0.15) is 0 Å². The number of para-hydroxylation sites is 2. The third-order valence-electron chi connectivity index (χ3n) is 3.46.